The highest BCUT2D eigenvalue weighted by Gasteiger charge is 2.30. The van der Waals surface area contributed by atoms with Gasteiger partial charge in [-0.3, -0.25) is 9.59 Å². The Hall–Kier alpha value is -2.67. The molecule has 3 N–H and O–H groups in total. The number of benzene rings is 2. The zero-order valence-corrected chi connectivity index (χ0v) is 16.5. The summed E-state index contributed by atoms with van der Waals surface area (Å²) in [4.78, 5) is 27.8. The Kier molecular flexibility index (Phi) is 5.17. The first-order valence-electron chi connectivity index (χ1n) is 8.81. The first-order chi connectivity index (χ1) is 13.5. The monoisotopic (exact) mass is 411 g/mol. The van der Waals surface area contributed by atoms with Crippen molar-refractivity contribution in [3.8, 4) is 0 Å². The maximum atomic E-state index is 13.0. The van der Waals surface area contributed by atoms with Crippen molar-refractivity contribution in [3.05, 3.63) is 86.1 Å². The molecule has 0 bridgehead atoms. The van der Waals surface area contributed by atoms with Crippen LogP contribution in [0.5, 0.6) is 0 Å². The topological polar surface area (TPSA) is 75.4 Å². The van der Waals surface area contributed by atoms with E-state index in [4.69, 9.17) is 17.3 Å². The molecular weight excluding hydrogens is 394 g/mol. The molecule has 2 aromatic carbocycles. The van der Waals surface area contributed by atoms with Gasteiger partial charge in [0.15, 0.2) is 0 Å². The van der Waals surface area contributed by atoms with Crippen molar-refractivity contribution >= 4 is 40.4 Å². The zero-order chi connectivity index (χ0) is 19.7. The molecule has 1 aliphatic heterocycles. The van der Waals surface area contributed by atoms with Gasteiger partial charge in [-0.05, 0) is 34.9 Å². The third-order valence-electron chi connectivity index (χ3n) is 4.66. The Morgan fingerprint density at radius 2 is 1.93 bits per heavy atom. The maximum absolute atomic E-state index is 13.0. The second kappa shape index (κ2) is 7.75. The molecule has 2 amide bonds. The van der Waals surface area contributed by atoms with Gasteiger partial charge in [-0.1, -0.05) is 48.0 Å². The molecule has 142 valence electrons. The molecule has 1 aliphatic rings. The molecule has 1 aromatic heterocycles. The van der Waals surface area contributed by atoms with Crippen LogP contribution in [0.15, 0.2) is 54.6 Å². The first-order valence-corrected chi connectivity index (χ1v) is 10.0. The Morgan fingerprint density at radius 3 is 2.68 bits per heavy atom. The summed E-state index contributed by atoms with van der Waals surface area (Å²) in [5, 5.41) is 2.85. The number of carbonyl (C=O) groups is 2. The number of nitrogens with zero attached hydrogens (tertiary/aromatic N) is 1. The largest absolute Gasteiger partial charge is 0.330 e. The molecule has 0 spiro atoms. The van der Waals surface area contributed by atoms with E-state index < -0.39 is 0 Å². The Labute approximate surface area is 171 Å². The van der Waals surface area contributed by atoms with Gasteiger partial charge in [0.1, 0.15) is 0 Å². The van der Waals surface area contributed by atoms with Crippen molar-refractivity contribution in [2.24, 2.45) is 5.73 Å². The van der Waals surface area contributed by atoms with Gasteiger partial charge in [0, 0.05) is 19.6 Å². The van der Waals surface area contributed by atoms with Gasteiger partial charge >= 0.3 is 0 Å². The number of rotatable bonds is 5. The van der Waals surface area contributed by atoms with Crippen molar-refractivity contribution < 1.29 is 9.59 Å². The van der Waals surface area contributed by atoms with Crippen LogP contribution in [0.4, 0.5) is 5.69 Å². The average molecular weight is 412 g/mol. The minimum absolute atomic E-state index is 0.0896. The van der Waals surface area contributed by atoms with Crippen molar-refractivity contribution in [1.29, 1.82) is 0 Å². The number of hydrogen-bond donors (Lipinski definition) is 2. The second-order valence-corrected chi connectivity index (χ2v) is 8.30. The Balaban J connectivity index is 1.55. The van der Waals surface area contributed by atoms with Crippen molar-refractivity contribution in [3.63, 3.8) is 0 Å². The van der Waals surface area contributed by atoms with Gasteiger partial charge in [0.2, 0.25) is 0 Å². The van der Waals surface area contributed by atoms with Crippen molar-refractivity contribution in [2.75, 3.05) is 5.32 Å². The highest BCUT2D eigenvalue weighted by molar-refractivity contribution is 7.18. The van der Waals surface area contributed by atoms with E-state index in [2.05, 4.69) is 5.32 Å². The normalized spacial score (nSPS) is 12.9. The van der Waals surface area contributed by atoms with Gasteiger partial charge < -0.3 is 16.0 Å². The van der Waals surface area contributed by atoms with E-state index in [1.165, 1.54) is 11.3 Å². The van der Waals surface area contributed by atoms with Gasteiger partial charge in [0.25, 0.3) is 11.8 Å². The number of nitrogens with two attached hydrogens (primary N) is 1. The van der Waals surface area contributed by atoms with Gasteiger partial charge in [-0.25, -0.2) is 0 Å². The number of hydrogen-bond acceptors (Lipinski definition) is 4. The third-order valence-corrected chi connectivity index (χ3v) is 5.89. The van der Waals surface area contributed by atoms with Gasteiger partial charge in [-0.15, -0.1) is 11.3 Å². The first kappa shape index (κ1) is 18.7. The summed E-state index contributed by atoms with van der Waals surface area (Å²) in [5.74, 6) is -0.361. The van der Waals surface area contributed by atoms with Crippen LogP contribution in [0, 0.1) is 0 Å². The molecule has 0 fully saturated rings. The van der Waals surface area contributed by atoms with Crippen LogP contribution in [-0.4, -0.2) is 16.7 Å². The predicted molar refractivity (Wildman–Crippen MR) is 112 cm³/mol. The fourth-order valence-corrected chi connectivity index (χ4v) is 4.29. The summed E-state index contributed by atoms with van der Waals surface area (Å²) in [5.41, 5.74) is 9.75. The highest BCUT2D eigenvalue weighted by atomic mass is 35.5. The number of nitrogens with one attached hydrogen (secondary N) is 1. The van der Waals surface area contributed by atoms with E-state index in [0.29, 0.717) is 40.1 Å². The van der Waals surface area contributed by atoms with Gasteiger partial charge in [-0.2, -0.15) is 0 Å². The lowest BCUT2D eigenvalue weighted by Crippen LogP contribution is -2.24. The molecule has 0 atom stereocenters. The molecule has 0 saturated carbocycles. The number of amides is 2. The van der Waals surface area contributed by atoms with Crippen LogP contribution in [0.2, 0.25) is 4.34 Å². The fourth-order valence-electron chi connectivity index (χ4n) is 3.35. The van der Waals surface area contributed by atoms with Crippen molar-refractivity contribution in [2.45, 2.75) is 19.6 Å². The molecular formula is C21H18ClN3O2S. The highest BCUT2D eigenvalue weighted by Crippen LogP contribution is 2.31. The SMILES string of the molecule is NCc1cccc(CN2Cc3cccc(NC(=O)c4ccc(Cl)s4)c3C2=O)c1. The molecule has 0 radical (unpaired) electrons. The number of fused-ring (bicyclic) bond motifs is 1. The van der Waals surface area contributed by atoms with E-state index >= 15 is 0 Å². The smallest absolute Gasteiger partial charge is 0.265 e. The summed E-state index contributed by atoms with van der Waals surface area (Å²) >= 11 is 7.11. The summed E-state index contributed by atoms with van der Waals surface area (Å²) in [6.07, 6.45) is 0. The van der Waals surface area contributed by atoms with Crippen LogP contribution in [0.25, 0.3) is 0 Å². The summed E-state index contributed by atoms with van der Waals surface area (Å²) in [7, 11) is 0. The molecule has 28 heavy (non-hydrogen) atoms. The van der Waals surface area contributed by atoms with Crippen LogP contribution < -0.4 is 11.1 Å². The molecule has 0 saturated heterocycles. The van der Waals surface area contributed by atoms with Crippen LogP contribution in [0.1, 0.15) is 36.7 Å². The molecule has 4 rings (SSSR count). The number of anilines is 1. The minimum Gasteiger partial charge on any atom is -0.330 e. The predicted octanol–water partition coefficient (Wildman–Crippen LogP) is 4.27. The lowest BCUT2D eigenvalue weighted by Gasteiger charge is -2.16. The quantitative estimate of drug-likeness (QED) is 0.658. The van der Waals surface area contributed by atoms with Gasteiger partial charge in [0.05, 0.1) is 20.5 Å². The molecule has 5 nitrogen and oxygen atoms in total. The molecule has 0 unspecified atom stereocenters. The molecule has 2 heterocycles. The number of carbonyl (C=O) groups excluding carboxylic acids is 2. The summed E-state index contributed by atoms with van der Waals surface area (Å²) in [6.45, 7) is 1.47. The third kappa shape index (κ3) is 3.67. The van der Waals surface area contributed by atoms with E-state index in [1.54, 1.807) is 23.1 Å². The lowest BCUT2D eigenvalue weighted by atomic mass is 10.1. The summed E-state index contributed by atoms with van der Waals surface area (Å²) in [6, 6.07) is 16.8. The lowest BCUT2D eigenvalue weighted by molar-refractivity contribution is 0.0767. The fraction of sp³-hybridized carbons (Fsp3) is 0.143. The van der Waals surface area contributed by atoms with E-state index in [9.17, 15) is 9.59 Å². The van der Waals surface area contributed by atoms with Crippen LogP contribution in [-0.2, 0) is 19.6 Å². The molecule has 3 aromatic rings. The average Bonchev–Trinajstić information content (AvgIpc) is 3.26. The van der Waals surface area contributed by atoms with Crippen molar-refractivity contribution in [1.82, 2.24) is 4.90 Å². The maximum Gasteiger partial charge on any atom is 0.265 e. The molecule has 0 aliphatic carbocycles. The standard InChI is InChI=1S/C21H18ClN3O2S/c22-18-8-7-17(28-18)20(26)24-16-6-2-5-15-12-25(21(27)19(15)16)11-14-4-1-3-13(9-14)10-23/h1-9H,10-12,23H2,(H,24,26). The van der Waals surface area contributed by atoms with Crippen LogP contribution >= 0.6 is 22.9 Å². The Bertz CT molecular complexity index is 1060. The minimum atomic E-state index is -0.271. The second-order valence-electron chi connectivity index (χ2n) is 6.58. The number of halogens is 1. The van der Waals surface area contributed by atoms with E-state index in [1.807, 2.05) is 36.4 Å². The zero-order valence-electron chi connectivity index (χ0n) is 14.9. The van der Waals surface area contributed by atoms with Crippen LogP contribution in [0.3, 0.4) is 0 Å². The van der Waals surface area contributed by atoms with E-state index in [-0.39, 0.29) is 11.8 Å². The molecule has 7 heteroatoms. The van der Waals surface area contributed by atoms with E-state index in [0.717, 1.165) is 16.7 Å². The summed E-state index contributed by atoms with van der Waals surface area (Å²) < 4.78 is 0.547. The number of thiophene rings is 1. The Morgan fingerprint density at radius 1 is 1.14 bits per heavy atom.